The number of halogens is 1. The minimum atomic E-state index is -0.879. The maximum Gasteiger partial charge on any atom is 0.325 e. The zero-order valence-corrected chi connectivity index (χ0v) is 15.5. The number of hydrogen-bond acceptors (Lipinski definition) is 4. The van der Waals surface area contributed by atoms with Crippen LogP contribution in [0.4, 0.5) is 4.39 Å². The van der Waals surface area contributed by atoms with Crippen LogP contribution in [0.15, 0.2) is 48.9 Å². The molecule has 3 aromatic rings. The predicted octanol–water partition coefficient (Wildman–Crippen LogP) is 2.69. The number of nitrogens with zero attached hydrogens (tertiary/aromatic N) is 3. The summed E-state index contributed by atoms with van der Waals surface area (Å²) in [4.78, 5) is 23.5. The van der Waals surface area contributed by atoms with E-state index in [0.29, 0.717) is 24.2 Å². The number of carbonyl (C=O) groups is 1. The number of aliphatic carboxylic acids is 1. The number of rotatable bonds is 6. The molecule has 4 rings (SSSR count). The smallest absolute Gasteiger partial charge is 0.325 e. The molecule has 0 spiro atoms. The summed E-state index contributed by atoms with van der Waals surface area (Å²) >= 11 is 0. The molecule has 1 fully saturated rings. The molecule has 1 aliphatic rings. The number of fused-ring (bicyclic) bond motifs is 1. The van der Waals surface area contributed by atoms with E-state index >= 15 is 0 Å². The van der Waals surface area contributed by atoms with Crippen LogP contribution in [0.1, 0.15) is 17.2 Å². The van der Waals surface area contributed by atoms with Gasteiger partial charge in [0.05, 0.1) is 0 Å². The van der Waals surface area contributed by atoms with Crippen molar-refractivity contribution in [2.24, 2.45) is 0 Å². The zero-order valence-electron chi connectivity index (χ0n) is 15.5. The summed E-state index contributed by atoms with van der Waals surface area (Å²) in [7, 11) is 0. The van der Waals surface area contributed by atoms with E-state index in [4.69, 9.17) is 0 Å². The number of carboxylic acid groups (broad SMARTS) is 1. The molecule has 6 nitrogen and oxygen atoms in total. The molecule has 1 atom stereocenters. The van der Waals surface area contributed by atoms with Crippen molar-refractivity contribution in [3.8, 4) is 0 Å². The van der Waals surface area contributed by atoms with Crippen LogP contribution in [0.5, 0.6) is 0 Å². The van der Waals surface area contributed by atoms with Crippen LogP contribution in [0.3, 0.4) is 0 Å². The van der Waals surface area contributed by atoms with E-state index in [2.05, 4.69) is 14.9 Å². The van der Waals surface area contributed by atoms with Gasteiger partial charge in [0.25, 0.3) is 0 Å². The highest BCUT2D eigenvalue weighted by molar-refractivity contribution is 5.89. The monoisotopic (exact) mass is 382 g/mol. The van der Waals surface area contributed by atoms with E-state index in [1.807, 2.05) is 17.0 Å². The number of H-pyrrole nitrogens is 1. The van der Waals surface area contributed by atoms with Crippen LogP contribution in [-0.4, -0.2) is 63.6 Å². The Kier molecular flexibility index (Phi) is 5.36. The highest BCUT2D eigenvalue weighted by atomic mass is 19.1. The fourth-order valence-electron chi connectivity index (χ4n) is 3.91. The molecule has 28 heavy (non-hydrogen) atoms. The number of carboxylic acids is 1. The fraction of sp³-hybridized carbons (Fsp3) is 0.333. The summed E-state index contributed by atoms with van der Waals surface area (Å²) in [5, 5.41) is 10.6. The van der Waals surface area contributed by atoms with Gasteiger partial charge in [0.1, 0.15) is 11.9 Å². The Balaban J connectivity index is 1.43. The number of benzene rings is 1. The van der Waals surface area contributed by atoms with Crippen molar-refractivity contribution in [3.63, 3.8) is 0 Å². The SMILES string of the molecule is O=C(O)[C@H](c1c[nH]c2cc(F)ccc12)N1CCN(CCc2ccncc2)CC1. The van der Waals surface area contributed by atoms with Gasteiger partial charge in [-0.2, -0.15) is 0 Å². The fourth-order valence-corrected chi connectivity index (χ4v) is 3.91. The molecule has 1 aromatic carbocycles. The van der Waals surface area contributed by atoms with E-state index in [0.717, 1.165) is 31.4 Å². The third-order valence-corrected chi connectivity index (χ3v) is 5.44. The highest BCUT2D eigenvalue weighted by Crippen LogP contribution is 2.30. The van der Waals surface area contributed by atoms with Gasteiger partial charge in [-0.15, -0.1) is 0 Å². The average Bonchev–Trinajstić information content (AvgIpc) is 3.10. The first-order valence-electron chi connectivity index (χ1n) is 9.46. The largest absolute Gasteiger partial charge is 0.480 e. The molecule has 7 heteroatoms. The van der Waals surface area contributed by atoms with Crippen molar-refractivity contribution in [3.05, 3.63) is 65.9 Å². The van der Waals surface area contributed by atoms with Crippen LogP contribution >= 0.6 is 0 Å². The minimum Gasteiger partial charge on any atom is -0.480 e. The molecule has 3 heterocycles. The molecule has 0 radical (unpaired) electrons. The number of pyridine rings is 1. The third kappa shape index (κ3) is 3.90. The molecule has 0 aliphatic carbocycles. The number of piperazine rings is 1. The standard InChI is InChI=1S/C21H23FN4O2/c22-16-1-2-17-18(14-24-19(17)13-16)20(21(27)28)26-11-9-25(10-12-26)8-5-15-3-6-23-7-4-15/h1-4,6-7,13-14,20,24H,5,8-12H2,(H,27,28)/t20-/m0/s1. The Morgan fingerprint density at radius 1 is 1.18 bits per heavy atom. The van der Waals surface area contributed by atoms with Crippen molar-refractivity contribution in [2.45, 2.75) is 12.5 Å². The van der Waals surface area contributed by atoms with Gasteiger partial charge >= 0.3 is 5.97 Å². The van der Waals surface area contributed by atoms with Crippen LogP contribution in [0.2, 0.25) is 0 Å². The van der Waals surface area contributed by atoms with Gasteiger partial charge in [-0.25, -0.2) is 4.39 Å². The van der Waals surface area contributed by atoms with Crippen LogP contribution < -0.4 is 0 Å². The molecule has 1 aliphatic heterocycles. The average molecular weight is 382 g/mol. The molecular weight excluding hydrogens is 359 g/mol. The maximum atomic E-state index is 13.4. The number of hydrogen-bond donors (Lipinski definition) is 2. The van der Waals surface area contributed by atoms with Crippen LogP contribution in [0.25, 0.3) is 10.9 Å². The number of aromatic amines is 1. The minimum absolute atomic E-state index is 0.337. The molecule has 0 unspecified atom stereocenters. The molecule has 2 N–H and O–H groups in total. The Morgan fingerprint density at radius 2 is 1.93 bits per heavy atom. The van der Waals surface area contributed by atoms with E-state index < -0.39 is 12.0 Å². The number of aromatic nitrogens is 2. The first kappa shape index (κ1) is 18.6. The van der Waals surface area contributed by atoms with Gasteiger partial charge in [0, 0.05) is 67.8 Å². The molecule has 146 valence electrons. The van der Waals surface area contributed by atoms with E-state index in [1.165, 1.54) is 17.7 Å². The summed E-state index contributed by atoms with van der Waals surface area (Å²) in [6, 6.07) is 7.73. The number of nitrogens with one attached hydrogen (secondary N) is 1. The van der Waals surface area contributed by atoms with Crippen molar-refractivity contribution in [2.75, 3.05) is 32.7 Å². The second-order valence-corrected chi connectivity index (χ2v) is 7.16. The van der Waals surface area contributed by atoms with Crippen molar-refractivity contribution in [1.82, 2.24) is 19.8 Å². The topological polar surface area (TPSA) is 72.5 Å². The van der Waals surface area contributed by atoms with E-state index in [-0.39, 0.29) is 5.82 Å². The van der Waals surface area contributed by atoms with Crippen molar-refractivity contribution < 1.29 is 14.3 Å². The first-order chi connectivity index (χ1) is 13.6. The van der Waals surface area contributed by atoms with Gasteiger partial charge in [0.2, 0.25) is 0 Å². The second kappa shape index (κ2) is 8.08. The zero-order chi connectivity index (χ0) is 19.5. The van der Waals surface area contributed by atoms with Crippen LogP contribution in [0, 0.1) is 5.82 Å². The van der Waals surface area contributed by atoms with Gasteiger partial charge in [0.15, 0.2) is 0 Å². The molecule has 0 bridgehead atoms. The van der Waals surface area contributed by atoms with Crippen molar-refractivity contribution >= 4 is 16.9 Å². The Morgan fingerprint density at radius 3 is 2.64 bits per heavy atom. The van der Waals surface area contributed by atoms with Crippen molar-refractivity contribution in [1.29, 1.82) is 0 Å². The van der Waals surface area contributed by atoms with Crippen LogP contribution in [-0.2, 0) is 11.2 Å². The lowest BCUT2D eigenvalue weighted by Gasteiger charge is -2.37. The summed E-state index contributed by atoms with van der Waals surface area (Å²) < 4.78 is 13.4. The quantitative estimate of drug-likeness (QED) is 0.686. The molecule has 2 aromatic heterocycles. The van der Waals surface area contributed by atoms with E-state index in [9.17, 15) is 14.3 Å². The Bertz CT molecular complexity index is 951. The summed E-state index contributed by atoms with van der Waals surface area (Å²) in [5.41, 5.74) is 2.57. The van der Waals surface area contributed by atoms with Gasteiger partial charge in [-0.05, 0) is 42.3 Å². The maximum absolute atomic E-state index is 13.4. The summed E-state index contributed by atoms with van der Waals surface area (Å²) in [5.74, 6) is -1.22. The van der Waals surface area contributed by atoms with Gasteiger partial charge in [-0.3, -0.25) is 14.7 Å². The normalized spacial score (nSPS) is 17.0. The summed E-state index contributed by atoms with van der Waals surface area (Å²) in [6.45, 7) is 3.96. The highest BCUT2D eigenvalue weighted by Gasteiger charge is 2.32. The third-order valence-electron chi connectivity index (χ3n) is 5.44. The lowest BCUT2D eigenvalue weighted by Crippen LogP contribution is -2.49. The van der Waals surface area contributed by atoms with E-state index in [1.54, 1.807) is 24.7 Å². The molecule has 0 amide bonds. The molecule has 1 saturated heterocycles. The predicted molar refractivity (Wildman–Crippen MR) is 105 cm³/mol. The second-order valence-electron chi connectivity index (χ2n) is 7.16. The Hall–Kier alpha value is -2.77. The first-order valence-corrected chi connectivity index (χ1v) is 9.46. The lowest BCUT2D eigenvalue weighted by molar-refractivity contribution is -0.144. The Labute approximate surface area is 162 Å². The molecule has 0 saturated carbocycles. The molecular formula is C21H23FN4O2. The summed E-state index contributed by atoms with van der Waals surface area (Å²) in [6.07, 6.45) is 6.26. The van der Waals surface area contributed by atoms with Gasteiger partial charge in [-0.1, -0.05) is 0 Å². The van der Waals surface area contributed by atoms with Gasteiger partial charge < -0.3 is 15.0 Å². The lowest BCUT2D eigenvalue weighted by atomic mass is 10.0.